The van der Waals surface area contributed by atoms with Crippen LogP contribution in [0.1, 0.15) is 141 Å². The van der Waals surface area contributed by atoms with Gasteiger partial charge in [-0.3, -0.25) is 24.0 Å². The van der Waals surface area contributed by atoms with Crippen molar-refractivity contribution in [2.75, 3.05) is 6.54 Å². The Morgan fingerprint density at radius 3 is 2.06 bits per heavy atom. The number of ketones is 1. The zero-order chi connectivity index (χ0) is 46.7. The summed E-state index contributed by atoms with van der Waals surface area (Å²) in [5.74, 6) is -2.87. The lowest BCUT2D eigenvalue weighted by atomic mass is 9.33. The second-order valence-corrected chi connectivity index (χ2v) is 21.6. The Balaban J connectivity index is 1.10. The number of rotatable bonds is 11. The molecule has 0 spiro atoms. The van der Waals surface area contributed by atoms with E-state index < -0.39 is 57.5 Å². The predicted molar refractivity (Wildman–Crippen MR) is 240 cm³/mol. The van der Waals surface area contributed by atoms with Gasteiger partial charge in [0.1, 0.15) is 12.6 Å². The Hall–Kier alpha value is -5.26. The quantitative estimate of drug-likeness (QED) is 0.144. The fourth-order valence-electron chi connectivity index (χ4n) is 13.8. The van der Waals surface area contributed by atoms with Gasteiger partial charge in [-0.1, -0.05) is 101 Å². The standard InChI is InChI=1S/C53H65NO11/c1-32-39(63-47(60)62-32)31-61-42(57)29-51(6)40-19-22-53(8)45(50(40,5)21-20-41(51)64-43(58)30-54-33(2)55)38(56)27-36-37-28-49(4,24-23-48(37,3)25-26-52(36,53)7)46(59)65-44(34-15-11-9-12-16-34)35-17-13-10-14-18-35/h9-18,27,37,40-41,44-45H,19-26,28-31H2,1-8H3,(H,54,55)/t37-,40+,41-,45+,48+,49-,50-,51-,52+,53+/m0/s1. The molecule has 1 aromatic heterocycles. The summed E-state index contributed by atoms with van der Waals surface area (Å²) in [5, 5.41) is 2.52. The molecule has 5 aliphatic rings. The van der Waals surface area contributed by atoms with E-state index in [2.05, 4.69) is 39.9 Å². The van der Waals surface area contributed by atoms with Crippen molar-refractivity contribution in [2.24, 2.45) is 50.2 Å². The van der Waals surface area contributed by atoms with Crippen LogP contribution in [-0.4, -0.2) is 42.2 Å². The molecule has 1 amide bonds. The highest BCUT2D eigenvalue weighted by atomic mass is 16.6. The molecule has 348 valence electrons. The summed E-state index contributed by atoms with van der Waals surface area (Å²) in [4.78, 5) is 80.5. The molecule has 12 heteroatoms. The Morgan fingerprint density at radius 1 is 0.800 bits per heavy atom. The van der Waals surface area contributed by atoms with Crippen LogP contribution >= 0.6 is 0 Å². The average molecular weight is 892 g/mol. The third-order valence-electron chi connectivity index (χ3n) is 17.7. The van der Waals surface area contributed by atoms with Gasteiger partial charge >= 0.3 is 23.7 Å². The van der Waals surface area contributed by atoms with Gasteiger partial charge in [0.2, 0.25) is 5.91 Å². The van der Waals surface area contributed by atoms with E-state index in [-0.39, 0.29) is 71.4 Å². The average Bonchev–Trinajstić information content (AvgIpc) is 3.59. The monoisotopic (exact) mass is 891 g/mol. The second-order valence-electron chi connectivity index (χ2n) is 21.6. The summed E-state index contributed by atoms with van der Waals surface area (Å²) in [7, 11) is 0. The van der Waals surface area contributed by atoms with E-state index in [4.69, 9.17) is 23.0 Å². The molecule has 0 radical (unpaired) electrons. The number of hydrogen-bond donors (Lipinski definition) is 1. The zero-order valence-electron chi connectivity index (χ0n) is 39.2. The van der Waals surface area contributed by atoms with E-state index in [9.17, 15) is 24.0 Å². The summed E-state index contributed by atoms with van der Waals surface area (Å²) in [6.07, 6.45) is 6.95. The highest BCUT2D eigenvalue weighted by Crippen LogP contribution is 2.75. The van der Waals surface area contributed by atoms with Crippen molar-refractivity contribution in [1.29, 1.82) is 0 Å². The van der Waals surface area contributed by atoms with E-state index >= 15 is 4.79 Å². The molecule has 65 heavy (non-hydrogen) atoms. The number of hydrogen-bond acceptors (Lipinski definition) is 11. The Bertz CT molecular complexity index is 2400. The Kier molecular flexibility index (Phi) is 12.0. The van der Waals surface area contributed by atoms with Crippen molar-refractivity contribution in [3.63, 3.8) is 0 Å². The molecule has 0 bridgehead atoms. The van der Waals surface area contributed by atoms with Gasteiger partial charge < -0.3 is 28.4 Å². The van der Waals surface area contributed by atoms with Crippen LogP contribution in [-0.2, 0) is 44.8 Å². The lowest BCUT2D eigenvalue weighted by Gasteiger charge is -2.70. The number of carbonyl (C=O) groups excluding carboxylic acids is 5. The minimum absolute atomic E-state index is 0.00575. The number of esters is 3. The molecule has 12 nitrogen and oxygen atoms in total. The lowest BCUT2D eigenvalue weighted by Crippen LogP contribution is -2.67. The minimum atomic E-state index is -0.956. The molecular formula is C53H65NO11. The van der Waals surface area contributed by atoms with Gasteiger partial charge in [-0.15, -0.1) is 0 Å². The molecule has 1 N–H and O–H groups in total. The Morgan fingerprint density at radius 2 is 1.45 bits per heavy atom. The van der Waals surface area contributed by atoms with E-state index in [1.54, 1.807) is 6.92 Å². The number of nitrogens with one attached hydrogen (secondary N) is 1. The molecule has 10 atom stereocenters. The summed E-state index contributed by atoms with van der Waals surface area (Å²) in [6, 6.07) is 19.7. The second kappa shape index (κ2) is 16.9. The van der Waals surface area contributed by atoms with Crippen LogP contribution in [0, 0.1) is 57.2 Å². The van der Waals surface area contributed by atoms with Crippen LogP contribution in [0.2, 0.25) is 0 Å². The van der Waals surface area contributed by atoms with Crippen molar-refractivity contribution < 1.29 is 47.0 Å². The van der Waals surface area contributed by atoms with Gasteiger partial charge in [-0.05, 0) is 122 Å². The molecular weight excluding hydrogens is 827 g/mol. The first kappa shape index (κ1) is 46.3. The van der Waals surface area contributed by atoms with Gasteiger partial charge in [-0.25, -0.2) is 4.79 Å². The minimum Gasteiger partial charge on any atom is -0.460 e. The van der Waals surface area contributed by atoms with Crippen molar-refractivity contribution in [3.05, 3.63) is 106 Å². The van der Waals surface area contributed by atoms with Crippen molar-refractivity contribution >= 4 is 29.6 Å². The molecule has 3 aromatic rings. The van der Waals surface area contributed by atoms with Crippen LogP contribution < -0.4 is 11.1 Å². The third-order valence-corrected chi connectivity index (χ3v) is 17.7. The fourth-order valence-corrected chi connectivity index (χ4v) is 13.8. The summed E-state index contributed by atoms with van der Waals surface area (Å²) >= 11 is 0. The lowest BCUT2D eigenvalue weighted by molar-refractivity contribution is -0.217. The number of benzene rings is 2. The normalized spacial score (nSPS) is 35.0. The van der Waals surface area contributed by atoms with Gasteiger partial charge in [0, 0.05) is 18.3 Å². The van der Waals surface area contributed by atoms with Crippen LogP contribution in [0.25, 0.3) is 0 Å². The predicted octanol–water partition coefficient (Wildman–Crippen LogP) is 9.32. The number of amides is 1. The number of fused-ring (bicyclic) bond motifs is 7. The maximum absolute atomic E-state index is 15.3. The van der Waals surface area contributed by atoms with Gasteiger partial charge in [0.15, 0.2) is 30.0 Å². The SMILES string of the molecule is CC(=O)NCC(=O)O[C@H]1CC[C@@]2(C)[C@@H](CC[C@]3(C)[C@@H]2C(=O)C=C2[C@@H]4C[C@@](C)(C(=O)OC(c5ccccc5)c5ccccc5)CC[C@]4(C)CC[C@]23C)[C@]1(C)CC(=O)OCc1oc(=O)oc1C. The maximum atomic E-state index is 15.3. The highest BCUT2D eigenvalue weighted by Gasteiger charge is 2.71. The summed E-state index contributed by atoms with van der Waals surface area (Å²) in [6.45, 7) is 15.5. The first-order valence-electron chi connectivity index (χ1n) is 23.4. The summed E-state index contributed by atoms with van der Waals surface area (Å²) < 4.78 is 28.4. The smallest absolute Gasteiger partial charge is 0.460 e. The zero-order valence-corrected chi connectivity index (χ0v) is 39.2. The summed E-state index contributed by atoms with van der Waals surface area (Å²) in [5.41, 5.74) is -0.237. The van der Waals surface area contributed by atoms with Gasteiger partial charge in [0.05, 0.1) is 11.8 Å². The Labute approximate surface area is 381 Å². The molecule has 1 heterocycles. The van der Waals surface area contributed by atoms with Crippen LogP contribution in [0.15, 0.2) is 85.9 Å². The van der Waals surface area contributed by atoms with Crippen molar-refractivity contribution in [3.8, 4) is 0 Å². The number of aryl methyl sites for hydroxylation is 1. The molecule has 0 saturated heterocycles. The first-order valence-corrected chi connectivity index (χ1v) is 23.4. The van der Waals surface area contributed by atoms with E-state index in [0.717, 1.165) is 36.0 Å². The van der Waals surface area contributed by atoms with Crippen LogP contribution in [0.5, 0.6) is 0 Å². The van der Waals surface area contributed by atoms with E-state index in [1.165, 1.54) is 6.92 Å². The van der Waals surface area contributed by atoms with Gasteiger partial charge in [-0.2, -0.15) is 0 Å². The third kappa shape index (κ3) is 8.00. The largest absolute Gasteiger partial charge is 0.519 e. The molecule has 5 aliphatic carbocycles. The molecule has 0 aliphatic heterocycles. The fraction of sp³-hybridized carbons (Fsp3) is 0.585. The van der Waals surface area contributed by atoms with Crippen LogP contribution in [0.4, 0.5) is 0 Å². The van der Waals surface area contributed by atoms with Crippen LogP contribution in [0.3, 0.4) is 0 Å². The van der Waals surface area contributed by atoms with Crippen molar-refractivity contribution in [1.82, 2.24) is 5.32 Å². The number of allylic oxidation sites excluding steroid dienone is 2. The maximum Gasteiger partial charge on any atom is 0.519 e. The number of carbonyl (C=O) groups is 5. The first-order chi connectivity index (χ1) is 30.7. The van der Waals surface area contributed by atoms with Gasteiger partial charge in [0.25, 0.3) is 0 Å². The highest BCUT2D eigenvalue weighted by molar-refractivity contribution is 5.96. The van der Waals surface area contributed by atoms with E-state index in [1.807, 2.05) is 73.7 Å². The number of ether oxygens (including phenoxy) is 3. The molecule has 2 aromatic carbocycles. The van der Waals surface area contributed by atoms with Crippen molar-refractivity contribution in [2.45, 2.75) is 138 Å². The van der Waals surface area contributed by atoms with E-state index in [0.29, 0.717) is 38.5 Å². The molecule has 4 saturated carbocycles. The molecule has 8 rings (SSSR count). The molecule has 4 fully saturated rings. The molecule has 0 unspecified atom stereocenters. The topological polar surface area (TPSA) is 168 Å².